The molecule has 0 aromatic rings. The van der Waals surface area contributed by atoms with Crippen LogP contribution in [0.15, 0.2) is 0 Å². The molecule has 0 atom stereocenters. The second-order valence-corrected chi connectivity index (χ2v) is 5.21. The Morgan fingerprint density at radius 1 is 1.33 bits per heavy atom. The first-order valence-corrected chi connectivity index (χ1v) is 5.78. The molecule has 2 N–H and O–H groups in total. The summed E-state index contributed by atoms with van der Waals surface area (Å²) in [6.07, 6.45) is 2.06. The molecule has 1 amide bonds. The van der Waals surface area contributed by atoms with Gasteiger partial charge in [0.1, 0.15) is 0 Å². The molecule has 0 radical (unpaired) electrons. The number of carbonyl (C=O) groups excluding carboxylic acids is 1. The van der Waals surface area contributed by atoms with Gasteiger partial charge in [-0.1, -0.05) is 19.1 Å². The van der Waals surface area contributed by atoms with Crippen LogP contribution in [0.25, 0.3) is 0 Å². The summed E-state index contributed by atoms with van der Waals surface area (Å²) in [5.74, 6) is 0.182. The van der Waals surface area contributed by atoms with Crippen LogP contribution in [0, 0.1) is 0 Å². The third-order valence-corrected chi connectivity index (χ3v) is 2.36. The van der Waals surface area contributed by atoms with Gasteiger partial charge in [0.15, 0.2) is 0 Å². The van der Waals surface area contributed by atoms with Crippen molar-refractivity contribution in [3.05, 3.63) is 0 Å². The van der Waals surface area contributed by atoms with Crippen molar-refractivity contribution in [1.82, 2.24) is 4.90 Å². The van der Waals surface area contributed by atoms with E-state index < -0.39 is 0 Å². The zero-order valence-electron chi connectivity index (χ0n) is 10.2. The number of carbonyl (C=O) groups is 1. The van der Waals surface area contributed by atoms with Crippen molar-refractivity contribution in [2.45, 2.75) is 52.5 Å². The first-order chi connectivity index (χ1) is 6.79. The summed E-state index contributed by atoms with van der Waals surface area (Å²) < 4.78 is 0. The van der Waals surface area contributed by atoms with Gasteiger partial charge < -0.3 is 10.6 Å². The van der Waals surface area contributed by atoms with Crippen LogP contribution >= 0.6 is 12.2 Å². The summed E-state index contributed by atoms with van der Waals surface area (Å²) >= 11 is 4.83. The van der Waals surface area contributed by atoms with Crippen LogP contribution < -0.4 is 5.73 Å². The molecule has 0 unspecified atom stereocenters. The molecule has 0 bridgehead atoms. The van der Waals surface area contributed by atoms with Gasteiger partial charge in [-0.25, -0.2) is 0 Å². The maximum absolute atomic E-state index is 11.8. The minimum Gasteiger partial charge on any atom is -0.393 e. The standard InChI is InChI=1S/C11H22N2OS/c1-5-6-10(14)13(11(2,3)4)8-7-9(12)15/h5-8H2,1-4H3,(H2,12,15). The number of nitrogens with two attached hydrogens (primary N) is 1. The van der Waals surface area contributed by atoms with Crippen LogP contribution in [0.4, 0.5) is 0 Å². The van der Waals surface area contributed by atoms with E-state index in [9.17, 15) is 4.79 Å². The molecule has 0 saturated heterocycles. The fraction of sp³-hybridized carbons (Fsp3) is 0.818. The average molecular weight is 230 g/mol. The van der Waals surface area contributed by atoms with Gasteiger partial charge in [0.2, 0.25) is 5.91 Å². The van der Waals surface area contributed by atoms with E-state index >= 15 is 0 Å². The van der Waals surface area contributed by atoms with E-state index in [2.05, 4.69) is 0 Å². The topological polar surface area (TPSA) is 46.3 Å². The molecule has 0 fully saturated rings. The highest BCUT2D eigenvalue weighted by atomic mass is 32.1. The molecule has 3 nitrogen and oxygen atoms in total. The summed E-state index contributed by atoms with van der Waals surface area (Å²) in [5, 5.41) is 0. The third-order valence-electron chi connectivity index (χ3n) is 2.16. The van der Waals surface area contributed by atoms with Gasteiger partial charge in [-0.3, -0.25) is 4.79 Å². The van der Waals surface area contributed by atoms with Gasteiger partial charge in [0.05, 0.1) is 4.99 Å². The van der Waals surface area contributed by atoms with Crippen molar-refractivity contribution in [2.75, 3.05) is 6.54 Å². The minimum atomic E-state index is -0.156. The summed E-state index contributed by atoms with van der Waals surface area (Å²) in [5.41, 5.74) is 5.30. The van der Waals surface area contributed by atoms with E-state index in [1.807, 2.05) is 32.6 Å². The van der Waals surface area contributed by atoms with Gasteiger partial charge in [0.25, 0.3) is 0 Å². The Morgan fingerprint density at radius 2 is 1.87 bits per heavy atom. The molecule has 0 aromatic carbocycles. The van der Waals surface area contributed by atoms with Crippen molar-refractivity contribution in [3.63, 3.8) is 0 Å². The maximum atomic E-state index is 11.8. The van der Waals surface area contributed by atoms with Crippen molar-refractivity contribution in [2.24, 2.45) is 5.73 Å². The summed E-state index contributed by atoms with van der Waals surface area (Å²) in [7, 11) is 0. The number of hydrogen-bond donors (Lipinski definition) is 1. The van der Waals surface area contributed by atoms with Gasteiger partial charge >= 0.3 is 0 Å². The fourth-order valence-corrected chi connectivity index (χ4v) is 1.50. The number of hydrogen-bond acceptors (Lipinski definition) is 2. The van der Waals surface area contributed by atoms with Crippen LogP contribution in [0.1, 0.15) is 47.0 Å². The molecule has 88 valence electrons. The van der Waals surface area contributed by atoms with E-state index in [1.54, 1.807) is 0 Å². The van der Waals surface area contributed by atoms with Gasteiger partial charge in [-0.15, -0.1) is 0 Å². The summed E-state index contributed by atoms with van der Waals surface area (Å²) in [6.45, 7) is 8.71. The molecule has 0 aromatic heterocycles. The monoisotopic (exact) mass is 230 g/mol. The highest BCUT2D eigenvalue weighted by molar-refractivity contribution is 7.80. The Labute approximate surface area is 98.0 Å². The van der Waals surface area contributed by atoms with Crippen LogP contribution in [0.3, 0.4) is 0 Å². The van der Waals surface area contributed by atoms with E-state index in [1.165, 1.54) is 0 Å². The zero-order chi connectivity index (χ0) is 12.1. The quantitative estimate of drug-likeness (QED) is 0.736. The molecule has 0 heterocycles. The van der Waals surface area contributed by atoms with Crippen LogP contribution in [0.2, 0.25) is 0 Å². The molecule has 0 saturated carbocycles. The molecule has 15 heavy (non-hydrogen) atoms. The summed E-state index contributed by atoms with van der Waals surface area (Å²) in [6, 6.07) is 0. The van der Waals surface area contributed by atoms with Crippen molar-refractivity contribution >= 4 is 23.1 Å². The molecular formula is C11H22N2OS. The van der Waals surface area contributed by atoms with Gasteiger partial charge in [0, 0.05) is 24.9 Å². The molecule has 4 heteroatoms. The highest BCUT2D eigenvalue weighted by Crippen LogP contribution is 2.15. The Bertz CT molecular complexity index is 233. The summed E-state index contributed by atoms with van der Waals surface area (Å²) in [4.78, 5) is 14.2. The first-order valence-electron chi connectivity index (χ1n) is 5.37. The van der Waals surface area contributed by atoms with E-state index in [0.29, 0.717) is 24.4 Å². The van der Waals surface area contributed by atoms with Crippen molar-refractivity contribution < 1.29 is 4.79 Å². The second kappa shape index (κ2) is 6.05. The number of amides is 1. The van der Waals surface area contributed by atoms with Crippen molar-refractivity contribution in [3.8, 4) is 0 Å². The maximum Gasteiger partial charge on any atom is 0.222 e. The van der Waals surface area contributed by atoms with E-state index in [-0.39, 0.29) is 11.4 Å². The van der Waals surface area contributed by atoms with Gasteiger partial charge in [-0.05, 0) is 27.2 Å². The molecule has 0 spiro atoms. The zero-order valence-corrected chi connectivity index (χ0v) is 11.0. The average Bonchev–Trinajstić information content (AvgIpc) is 2.01. The Balaban J connectivity index is 4.45. The lowest BCUT2D eigenvalue weighted by atomic mass is 10.0. The molecule has 0 aliphatic heterocycles. The number of thiocarbonyl (C=S) groups is 1. The first kappa shape index (κ1) is 14.4. The van der Waals surface area contributed by atoms with E-state index in [0.717, 1.165) is 6.42 Å². The molecule has 0 aliphatic rings. The fourth-order valence-electron chi connectivity index (χ4n) is 1.41. The van der Waals surface area contributed by atoms with Crippen molar-refractivity contribution in [1.29, 1.82) is 0 Å². The number of rotatable bonds is 5. The lowest BCUT2D eigenvalue weighted by Crippen LogP contribution is -2.46. The largest absolute Gasteiger partial charge is 0.393 e. The molecular weight excluding hydrogens is 208 g/mol. The lowest BCUT2D eigenvalue weighted by molar-refractivity contribution is -0.135. The Morgan fingerprint density at radius 3 is 2.20 bits per heavy atom. The third kappa shape index (κ3) is 5.72. The van der Waals surface area contributed by atoms with E-state index in [4.69, 9.17) is 18.0 Å². The lowest BCUT2D eigenvalue weighted by Gasteiger charge is -2.35. The minimum absolute atomic E-state index is 0.156. The van der Waals surface area contributed by atoms with Crippen LogP contribution in [-0.4, -0.2) is 27.9 Å². The SMILES string of the molecule is CCCC(=O)N(CCC(N)=S)C(C)(C)C. The van der Waals surface area contributed by atoms with Crippen LogP contribution in [-0.2, 0) is 4.79 Å². The highest BCUT2D eigenvalue weighted by Gasteiger charge is 2.25. The predicted molar refractivity (Wildman–Crippen MR) is 67.8 cm³/mol. The second-order valence-electron chi connectivity index (χ2n) is 4.68. The Kier molecular flexibility index (Phi) is 5.80. The Hall–Kier alpha value is -0.640. The normalized spacial score (nSPS) is 11.2. The number of nitrogens with zero attached hydrogens (tertiary/aromatic N) is 1. The molecule has 0 rings (SSSR count). The van der Waals surface area contributed by atoms with Gasteiger partial charge in [-0.2, -0.15) is 0 Å². The predicted octanol–water partition coefficient (Wildman–Crippen LogP) is 2.09. The smallest absolute Gasteiger partial charge is 0.222 e. The van der Waals surface area contributed by atoms with Crippen LogP contribution in [0.5, 0.6) is 0 Å². The molecule has 0 aliphatic carbocycles.